The van der Waals surface area contributed by atoms with Gasteiger partial charge in [-0.15, -0.1) is 0 Å². The Morgan fingerprint density at radius 3 is 2.81 bits per heavy atom. The van der Waals surface area contributed by atoms with Gasteiger partial charge in [0.05, 0.1) is 0 Å². The Morgan fingerprint density at radius 1 is 1.29 bits per heavy atom. The number of nitrogens with one attached hydrogen (secondary N) is 1. The SMILES string of the molecule is Cc1cc(F)ccc1NC(=O)c1cccc(C#CCO)c1. The molecule has 0 spiro atoms. The van der Waals surface area contributed by atoms with Gasteiger partial charge in [0.1, 0.15) is 12.4 Å². The molecule has 0 saturated carbocycles. The van der Waals surface area contributed by atoms with E-state index in [0.29, 0.717) is 22.4 Å². The van der Waals surface area contributed by atoms with Gasteiger partial charge in [0, 0.05) is 16.8 Å². The van der Waals surface area contributed by atoms with Crippen LogP contribution in [-0.2, 0) is 0 Å². The summed E-state index contributed by atoms with van der Waals surface area (Å²) in [4.78, 5) is 12.2. The molecule has 4 heteroatoms. The largest absolute Gasteiger partial charge is 0.384 e. The second-order valence-electron chi connectivity index (χ2n) is 4.45. The molecular weight excluding hydrogens is 269 g/mol. The third-order valence-electron chi connectivity index (χ3n) is 2.87. The number of aryl methyl sites for hydroxylation is 1. The molecule has 0 aromatic heterocycles. The van der Waals surface area contributed by atoms with E-state index in [1.54, 1.807) is 31.2 Å². The van der Waals surface area contributed by atoms with Crippen LogP contribution in [0.5, 0.6) is 0 Å². The highest BCUT2D eigenvalue weighted by Gasteiger charge is 2.08. The molecule has 0 radical (unpaired) electrons. The fourth-order valence-electron chi connectivity index (χ4n) is 1.84. The number of carbonyl (C=O) groups is 1. The summed E-state index contributed by atoms with van der Waals surface area (Å²) < 4.78 is 13.0. The third kappa shape index (κ3) is 3.91. The van der Waals surface area contributed by atoms with E-state index < -0.39 is 0 Å². The first-order valence-electron chi connectivity index (χ1n) is 6.37. The zero-order valence-electron chi connectivity index (χ0n) is 11.5. The van der Waals surface area contributed by atoms with Crippen molar-refractivity contribution in [1.29, 1.82) is 0 Å². The van der Waals surface area contributed by atoms with Gasteiger partial charge in [-0.2, -0.15) is 0 Å². The van der Waals surface area contributed by atoms with Crippen LogP contribution >= 0.6 is 0 Å². The first-order chi connectivity index (χ1) is 10.1. The topological polar surface area (TPSA) is 49.3 Å². The third-order valence-corrected chi connectivity index (χ3v) is 2.87. The number of amides is 1. The number of hydrogen-bond donors (Lipinski definition) is 2. The molecule has 2 aromatic carbocycles. The molecule has 0 fully saturated rings. The second-order valence-corrected chi connectivity index (χ2v) is 4.45. The van der Waals surface area contributed by atoms with Crippen LogP contribution in [0.25, 0.3) is 0 Å². The highest BCUT2D eigenvalue weighted by Crippen LogP contribution is 2.17. The Morgan fingerprint density at radius 2 is 2.10 bits per heavy atom. The van der Waals surface area contributed by atoms with Crippen LogP contribution < -0.4 is 5.32 Å². The lowest BCUT2D eigenvalue weighted by atomic mass is 10.1. The molecule has 1 amide bonds. The monoisotopic (exact) mass is 283 g/mol. The maximum Gasteiger partial charge on any atom is 0.255 e. The van der Waals surface area contributed by atoms with Crippen molar-refractivity contribution in [3.8, 4) is 11.8 Å². The number of rotatable bonds is 2. The fourth-order valence-corrected chi connectivity index (χ4v) is 1.84. The molecule has 0 aliphatic heterocycles. The summed E-state index contributed by atoms with van der Waals surface area (Å²) >= 11 is 0. The minimum atomic E-state index is -0.341. The molecule has 106 valence electrons. The van der Waals surface area contributed by atoms with E-state index in [1.807, 2.05) is 0 Å². The predicted octanol–water partition coefficient (Wildman–Crippen LogP) is 2.73. The zero-order chi connectivity index (χ0) is 15.2. The lowest BCUT2D eigenvalue weighted by molar-refractivity contribution is 0.102. The van der Waals surface area contributed by atoms with Crippen molar-refractivity contribution in [1.82, 2.24) is 0 Å². The molecule has 0 heterocycles. The summed E-state index contributed by atoms with van der Waals surface area (Å²) in [5, 5.41) is 11.4. The molecule has 21 heavy (non-hydrogen) atoms. The number of aliphatic hydroxyl groups is 1. The number of aliphatic hydroxyl groups excluding tert-OH is 1. The van der Waals surface area contributed by atoms with Crippen LogP contribution in [0, 0.1) is 24.6 Å². The molecule has 0 aliphatic carbocycles. The van der Waals surface area contributed by atoms with E-state index in [2.05, 4.69) is 17.2 Å². The van der Waals surface area contributed by atoms with E-state index in [4.69, 9.17) is 5.11 Å². The minimum absolute atomic E-state index is 0.231. The molecule has 0 bridgehead atoms. The normalized spacial score (nSPS) is 9.67. The van der Waals surface area contributed by atoms with E-state index in [-0.39, 0.29) is 18.3 Å². The molecule has 0 atom stereocenters. The first kappa shape index (κ1) is 14.8. The van der Waals surface area contributed by atoms with Crippen LogP contribution in [0.3, 0.4) is 0 Å². The smallest absolute Gasteiger partial charge is 0.255 e. The summed E-state index contributed by atoms with van der Waals surface area (Å²) in [6, 6.07) is 11.0. The highest BCUT2D eigenvalue weighted by atomic mass is 19.1. The van der Waals surface area contributed by atoms with Gasteiger partial charge in [0.2, 0.25) is 0 Å². The van der Waals surface area contributed by atoms with Crippen molar-refractivity contribution in [2.24, 2.45) is 0 Å². The molecule has 2 aromatic rings. The van der Waals surface area contributed by atoms with Crippen LogP contribution in [0.1, 0.15) is 21.5 Å². The Hall–Kier alpha value is -2.64. The fraction of sp³-hybridized carbons (Fsp3) is 0.118. The molecule has 0 unspecified atom stereocenters. The Kier molecular flexibility index (Phi) is 4.70. The van der Waals surface area contributed by atoms with Gasteiger partial charge in [-0.1, -0.05) is 17.9 Å². The number of hydrogen-bond acceptors (Lipinski definition) is 2. The maximum absolute atomic E-state index is 13.0. The van der Waals surface area contributed by atoms with Gasteiger partial charge in [-0.25, -0.2) is 4.39 Å². The summed E-state index contributed by atoms with van der Waals surface area (Å²) in [6.45, 7) is 1.49. The van der Waals surface area contributed by atoms with E-state index in [9.17, 15) is 9.18 Å². The van der Waals surface area contributed by atoms with Gasteiger partial charge in [-0.05, 0) is 48.9 Å². The summed E-state index contributed by atoms with van der Waals surface area (Å²) in [6.07, 6.45) is 0. The number of halogens is 1. The van der Waals surface area contributed by atoms with Crippen molar-refractivity contribution < 1.29 is 14.3 Å². The van der Waals surface area contributed by atoms with Gasteiger partial charge in [0.25, 0.3) is 5.91 Å². The van der Waals surface area contributed by atoms with Gasteiger partial charge < -0.3 is 10.4 Å². The summed E-state index contributed by atoms with van der Waals surface area (Å²) in [5.74, 6) is 4.64. The van der Waals surface area contributed by atoms with Crippen molar-refractivity contribution >= 4 is 11.6 Å². The predicted molar refractivity (Wildman–Crippen MR) is 79.5 cm³/mol. The molecule has 2 N–H and O–H groups in total. The van der Waals surface area contributed by atoms with Crippen molar-refractivity contribution in [2.45, 2.75) is 6.92 Å². The first-order valence-corrected chi connectivity index (χ1v) is 6.37. The Bertz CT molecular complexity index is 729. The van der Waals surface area contributed by atoms with E-state index in [0.717, 1.165) is 0 Å². The number of benzene rings is 2. The average molecular weight is 283 g/mol. The molecule has 2 rings (SSSR count). The summed E-state index contributed by atoms with van der Waals surface area (Å²) in [5.41, 5.74) is 2.31. The number of carbonyl (C=O) groups excluding carboxylic acids is 1. The zero-order valence-corrected chi connectivity index (χ0v) is 11.5. The maximum atomic E-state index is 13.0. The van der Waals surface area contributed by atoms with Gasteiger partial charge in [-0.3, -0.25) is 4.79 Å². The Labute approximate surface area is 122 Å². The van der Waals surface area contributed by atoms with Crippen LogP contribution in [-0.4, -0.2) is 17.6 Å². The van der Waals surface area contributed by atoms with Crippen LogP contribution in [0.4, 0.5) is 10.1 Å². The lowest BCUT2D eigenvalue weighted by Crippen LogP contribution is -2.13. The van der Waals surface area contributed by atoms with Crippen LogP contribution in [0.15, 0.2) is 42.5 Å². The lowest BCUT2D eigenvalue weighted by Gasteiger charge is -2.08. The average Bonchev–Trinajstić information content (AvgIpc) is 2.48. The Balaban J connectivity index is 2.20. The van der Waals surface area contributed by atoms with Crippen molar-refractivity contribution in [3.05, 3.63) is 65.0 Å². The quantitative estimate of drug-likeness (QED) is 0.833. The standard InChI is InChI=1S/C17H14FNO2/c1-12-10-15(18)7-8-16(12)19-17(21)14-6-2-4-13(11-14)5-3-9-20/h2,4,6-8,10-11,20H,9H2,1H3,(H,19,21). The van der Waals surface area contributed by atoms with Crippen molar-refractivity contribution in [2.75, 3.05) is 11.9 Å². The van der Waals surface area contributed by atoms with Gasteiger partial charge in [0.15, 0.2) is 0 Å². The number of anilines is 1. The second kappa shape index (κ2) is 6.69. The highest BCUT2D eigenvalue weighted by molar-refractivity contribution is 6.04. The molecular formula is C17H14FNO2. The van der Waals surface area contributed by atoms with Gasteiger partial charge >= 0.3 is 0 Å². The minimum Gasteiger partial charge on any atom is -0.384 e. The van der Waals surface area contributed by atoms with E-state index >= 15 is 0 Å². The molecule has 3 nitrogen and oxygen atoms in total. The van der Waals surface area contributed by atoms with E-state index in [1.165, 1.54) is 18.2 Å². The molecule has 0 aliphatic rings. The van der Waals surface area contributed by atoms with Crippen LogP contribution in [0.2, 0.25) is 0 Å². The van der Waals surface area contributed by atoms with Crippen molar-refractivity contribution in [3.63, 3.8) is 0 Å². The molecule has 0 saturated heterocycles. The summed E-state index contributed by atoms with van der Waals surface area (Å²) in [7, 11) is 0.